The van der Waals surface area contributed by atoms with Crippen LogP contribution in [0.2, 0.25) is 0 Å². The molecule has 0 aliphatic heterocycles. The van der Waals surface area contributed by atoms with Crippen LogP contribution in [0, 0.1) is 0 Å². The van der Waals surface area contributed by atoms with Gasteiger partial charge in [0.1, 0.15) is 11.5 Å². The standard InChI is InChI=1S/C12H8N2O5/c15-7-2-1-3-8(4-7)19-12(18)10-6-13-5-9(14-10)11(16)17/h1-6,15H,(H,16,17). The topological polar surface area (TPSA) is 110 Å². The van der Waals surface area contributed by atoms with Crippen LogP contribution in [0.25, 0.3) is 0 Å². The number of phenolic OH excluding ortho intramolecular Hbond substituents is 1. The molecule has 1 heterocycles. The van der Waals surface area contributed by atoms with E-state index < -0.39 is 11.9 Å². The number of rotatable bonds is 3. The van der Waals surface area contributed by atoms with E-state index in [-0.39, 0.29) is 22.9 Å². The van der Waals surface area contributed by atoms with E-state index in [0.717, 1.165) is 12.4 Å². The molecule has 0 atom stereocenters. The summed E-state index contributed by atoms with van der Waals surface area (Å²) in [6, 6.07) is 5.62. The quantitative estimate of drug-likeness (QED) is 0.628. The van der Waals surface area contributed by atoms with Gasteiger partial charge in [-0.3, -0.25) is 4.98 Å². The monoisotopic (exact) mass is 260 g/mol. The zero-order chi connectivity index (χ0) is 13.8. The third kappa shape index (κ3) is 3.03. The number of nitrogens with zero attached hydrogens (tertiary/aromatic N) is 2. The van der Waals surface area contributed by atoms with Crippen molar-refractivity contribution in [3.8, 4) is 11.5 Å². The fraction of sp³-hybridized carbons (Fsp3) is 0. The molecule has 19 heavy (non-hydrogen) atoms. The van der Waals surface area contributed by atoms with Gasteiger partial charge in [0.15, 0.2) is 11.4 Å². The number of aromatic nitrogens is 2. The number of carboxylic acids is 1. The minimum atomic E-state index is -1.29. The Morgan fingerprint density at radius 3 is 2.58 bits per heavy atom. The Balaban J connectivity index is 2.20. The summed E-state index contributed by atoms with van der Waals surface area (Å²) in [5.74, 6) is -2.09. The van der Waals surface area contributed by atoms with Gasteiger partial charge in [-0.05, 0) is 12.1 Å². The maximum atomic E-state index is 11.7. The van der Waals surface area contributed by atoms with Crippen LogP contribution < -0.4 is 4.74 Å². The number of aromatic hydroxyl groups is 1. The number of ether oxygens (including phenoxy) is 1. The van der Waals surface area contributed by atoms with Crippen molar-refractivity contribution >= 4 is 11.9 Å². The molecule has 0 aliphatic rings. The fourth-order valence-electron chi connectivity index (χ4n) is 1.27. The van der Waals surface area contributed by atoms with Crippen LogP contribution in [0.3, 0.4) is 0 Å². The molecule has 96 valence electrons. The largest absolute Gasteiger partial charge is 0.508 e. The second kappa shape index (κ2) is 5.13. The lowest BCUT2D eigenvalue weighted by molar-refractivity contribution is 0.0689. The molecule has 0 aliphatic carbocycles. The van der Waals surface area contributed by atoms with Crippen molar-refractivity contribution in [2.75, 3.05) is 0 Å². The first-order chi connectivity index (χ1) is 9.06. The Bertz CT molecular complexity index is 642. The maximum Gasteiger partial charge on any atom is 0.363 e. The van der Waals surface area contributed by atoms with E-state index >= 15 is 0 Å². The Morgan fingerprint density at radius 1 is 1.16 bits per heavy atom. The van der Waals surface area contributed by atoms with Gasteiger partial charge in [-0.1, -0.05) is 6.07 Å². The molecule has 0 fully saturated rings. The summed E-state index contributed by atoms with van der Waals surface area (Å²) >= 11 is 0. The smallest absolute Gasteiger partial charge is 0.363 e. The van der Waals surface area contributed by atoms with E-state index in [4.69, 9.17) is 9.84 Å². The van der Waals surface area contributed by atoms with Crippen molar-refractivity contribution in [3.63, 3.8) is 0 Å². The number of carbonyl (C=O) groups excluding carboxylic acids is 1. The number of benzene rings is 1. The van der Waals surface area contributed by atoms with Crippen molar-refractivity contribution < 1.29 is 24.5 Å². The van der Waals surface area contributed by atoms with Crippen LogP contribution in [0.15, 0.2) is 36.7 Å². The highest BCUT2D eigenvalue weighted by molar-refractivity contribution is 5.91. The molecule has 7 heteroatoms. The molecule has 1 aromatic carbocycles. The number of hydrogen-bond donors (Lipinski definition) is 2. The summed E-state index contributed by atoms with van der Waals surface area (Å²) in [5.41, 5.74) is -0.589. The molecule has 2 aromatic rings. The molecule has 1 aromatic heterocycles. The lowest BCUT2D eigenvalue weighted by atomic mass is 10.3. The van der Waals surface area contributed by atoms with Crippen molar-refractivity contribution in [2.24, 2.45) is 0 Å². The summed E-state index contributed by atoms with van der Waals surface area (Å²) < 4.78 is 4.92. The zero-order valence-electron chi connectivity index (χ0n) is 9.48. The highest BCUT2D eigenvalue weighted by Gasteiger charge is 2.14. The van der Waals surface area contributed by atoms with Crippen LogP contribution in [-0.4, -0.2) is 32.1 Å². The average Bonchev–Trinajstić information content (AvgIpc) is 2.39. The van der Waals surface area contributed by atoms with Crippen molar-refractivity contribution in [2.45, 2.75) is 0 Å². The van der Waals surface area contributed by atoms with Crippen LogP contribution >= 0.6 is 0 Å². The van der Waals surface area contributed by atoms with E-state index in [0.29, 0.717) is 0 Å². The van der Waals surface area contributed by atoms with E-state index in [2.05, 4.69) is 9.97 Å². The highest BCUT2D eigenvalue weighted by atomic mass is 16.5. The number of carboxylic acid groups (broad SMARTS) is 1. The first-order valence-electron chi connectivity index (χ1n) is 5.13. The minimum Gasteiger partial charge on any atom is -0.508 e. The molecule has 0 amide bonds. The molecule has 0 radical (unpaired) electrons. The normalized spacial score (nSPS) is 9.89. The molecule has 0 unspecified atom stereocenters. The van der Waals surface area contributed by atoms with Crippen molar-refractivity contribution in [3.05, 3.63) is 48.0 Å². The predicted octanol–water partition coefficient (Wildman–Crippen LogP) is 1.10. The number of aromatic carboxylic acids is 1. The minimum absolute atomic E-state index is 0.0596. The van der Waals surface area contributed by atoms with Gasteiger partial charge in [0.05, 0.1) is 12.4 Å². The van der Waals surface area contributed by atoms with Gasteiger partial charge in [0.2, 0.25) is 0 Å². The number of esters is 1. The van der Waals surface area contributed by atoms with Gasteiger partial charge in [-0.15, -0.1) is 0 Å². The lowest BCUT2D eigenvalue weighted by Crippen LogP contribution is -2.13. The molecule has 0 spiro atoms. The number of phenols is 1. The van der Waals surface area contributed by atoms with Gasteiger partial charge in [-0.2, -0.15) is 0 Å². The van der Waals surface area contributed by atoms with Gasteiger partial charge in [0, 0.05) is 6.07 Å². The van der Waals surface area contributed by atoms with E-state index in [1.807, 2.05) is 0 Å². The second-order valence-corrected chi connectivity index (χ2v) is 3.48. The Labute approximate surface area is 107 Å². The molecule has 0 saturated carbocycles. The van der Waals surface area contributed by atoms with Gasteiger partial charge in [-0.25, -0.2) is 14.6 Å². The molecule has 0 saturated heterocycles. The zero-order valence-corrected chi connectivity index (χ0v) is 9.48. The van der Waals surface area contributed by atoms with Crippen LogP contribution in [0.4, 0.5) is 0 Å². The molecule has 7 nitrogen and oxygen atoms in total. The SMILES string of the molecule is O=C(O)c1cncc(C(=O)Oc2cccc(O)c2)n1. The summed E-state index contributed by atoms with van der Waals surface area (Å²) in [7, 11) is 0. The van der Waals surface area contributed by atoms with Crippen LogP contribution in [-0.2, 0) is 0 Å². The maximum absolute atomic E-state index is 11.7. The molecular weight excluding hydrogens is 252 g/mol. The highest BCUT2D eigenvalue weighted by Crippen LogP contribution is 2.18. The van der Waals surface area contributed by atoms with Crippen molar-refractivity contribution in [1.82, 2.24) is 9.97 Å². The Hall–Kier alpha value is -2.96. The molecule has 0 bridgehead atoms. The molecule has 2 rings (SSSR count). The van der Waals surface area contributed by atoms with E-state index in [9.17, 15) is 14.7 Å². The lowest BCUT2D eigenvalue weighted by Gasteiger charge is -2.04. The first-order valence-corrected chi connectivity index (χ1v) is 5.13. The first kappa shape index (κ1) is 12.5. The van der Waals surface area contributed by atoms with Gasteiger partial charge in [0.25, 0.3) is 0 Å². The summed E-state index contributed by atoms with van der Waals surface area (Å²) in [6.45, 7) is 0. The predicted molar refractivity (Wildman–Crippen MR) is 62.1 cm³/mol. The number of hydrogen-bond acceptors (Lipinski definition) is 6. The van der Waals surface area contributed by atoms with Gasteiger partial charge < -0.3 is 14.9 Å². The summed E-state index contributed by atoms with van der Waals surface area (Å²) in [6.07, 6.45) is 2.12. The third-order valence-corrected chi connectivity index (χ3v) is 2.09. The average molecular weight is 260 g/mol. The van der Waals surface area contributed by atoms with Gasteiger partial charge >= 0.3 is 11.9 Å². The van der Waals surface area contributed by atoms with Crippen molar-refractivity contribution in [1.29, 1.82) is 0 Å². The second-order valence-electron chi connectivity index (χ2n) is 3.48. The van der Waals surface area contributed by atoms with E-state index in [1.54, 1.807) is 0 Å². The Morgan fingerprint density at radius 2 is 1.89 bits per heavy atom. The number of carbonyl (C=O) groups is 2. The van der Waals surface area contributed by atoms with Crippen LogP contribution in [0.5, 0.6) is 11.5 Å². The molecular formula is C12H8N2O5. The third-order valence-electron chi connectivity index (χ3n) is 2.09. The summed E-state index contributed by atoms with van der Waals surface area (Å²) in [4.78, 5) is 29.6. The summed E-state index contributed by atoms with van der Waals surface area (Å²) in [5, 5.41) is 17.9. The van der Waals surface area contributed by atoms with E-state index in [1.165, 1.54) is 24.3 Å². The Kier molecular flexibility index (Phi) is 3.37. The molecule has 2 N–H and O–H groups in total. The van der Waals surface area contributed by atoms with Crippen LogP contribution in [0.1, 0.15) is 21.0 Å². The fourth-order valence-corrected chi connectivity index (χ4v) is 1.27.